The Kier molecular flexibility index (Phi) is 6.93. The highest BCUT2D eigenvalue weighted by Gasteiger charge is 2.36. The standard InChI is InChI=1S/C53H37NO/c1-53(2)49-27-26-41(32-46(49)45-29-36-15-9-10-16-37(36)31-50(45)53)54(39-17-7-4-8-18-39)40-24-21-34(22-25-40)38-23-28-51-47(30-38)48-33-44(35-13-5-3-6-14-35)42-19-11-12-20-43(42)52(48)55-51/h3-33H,1-2H3. The minimum atomic E-state index is -0.0793. The Morgan fingerprint density at radius 1 is 0.382 bits per heavy atom. The summed E-state index contributed by atoms with van der Waals surface area (Å²) in [7, 11) is 0. The summed E-state index contributed by atoms with van der Waals surface area (Å²) in [5.41, 5.74) is 15.3. The van der Waals surface area contributed by atoms with Crippen molar-refractivity contribution in [1.82, 2.24) is 0 Å². The number of nitrogens with zero attached hydrogens (tertiary/aromatic N) is 1. The fourth-order valence-corrected chi connectivity index (χ4v) is 9.03. The molecule has 0 amide bonds. The predicted octanol–water partition coefficient (Wildman–Crippen LogP) is 15.0. The zero-order valence-electron chi connectivity index (χ0n) is 30.8. The van der Waals surface area contributed by atoms with Crippen molar-refractivity contribution >= 4 is 60.5 Å². The lowest BCUT2D eigenvalue weighted by atomic mass is 9.82. The third kappa shape index (κ3) is 4.95. The average molecular weight is 704 g/mol. The smallest absolute Gasteiger partial charge is 0.143 e. The van der Waals surface area contributed by atoms with Gasteiger partial charge in [0.05, 0.1) is 0 Å². The molecule has 0 saturated carbocycles. The largest absolute Gasteiger partial charge is 0.455 e. The maximum absolute atomic E-state index is 6.58. The Morgan fingerprint density at radius 3 is 1.78 bits per heavy atom. The minimum Gasteiger partial charge on any atom is -0.455 e. The lowest BCUT2D eigenvalue weighted by molar-refractivity contribution is 0.661. The van der Waals surface area contributed by atoms with Crippen molar-refractivity contribution < 1.29 is 4.42 Å². The molecule has 2 heteroatoms. The van der Waals surface area contributed by atoms with Crippen LogP contribution in [0, 0.1) is 0 Å². The fraction of sp³-hybridized carbons (Fsp3) is 0.0566. The van der Waals surface area contributed by atoms with Crippen LogP contribution in [-0.2, 0) is 5.41 Å². The van der Waals surface area contributed by atoms with Crippen LogP contribution < -0.4 is 4.90 Å². The van der Waals surface area contributed by atoms with Crippen molar-refractivity contribution in [2.75, 3.05) is 4.90 Å². The van der Waals surface area contributed by atoms with E-state index in [2.05, 4.69) is 207 Å². The Balaban J connectivity index is 1.01. The summed E-state index contributed by atoms with van der Waals surface area (Å²) < 4.78 is 6.58. The maximum Gasteiger partial charge on any atom is 0.143 e. The van der Waals surface area contributed by atoms with E-state index in [-0.39, 0.29) is 5.41 Å². The van der Waals surface area contributed by atoms with Gasteiger partial charge >= 0.3 is 0 Å². The monoisotopic (exact) mass is 703 g/mol. The molecule has 1 heterocycles. The molecule has 260 valence electrons. The lowest BCUT2D eigenvalue weighted by Gasteiger charge is -2.27. The van der Waals surface area contributed by atoms with Crippen molar-refractivity contribution in [1.29, 1.82) is 0 Å². The fourth-order valence-electron chi connectivity index (χ4n) is 9.03. The maximum atomic E-state index is 6.58. The van der Waals surface area contributed by atoms with Crippen molar-refractivity contribution in [2.24, 2.45) is 0 Å². The second kappa shape index (κ2) is 12.1. The number of para-hydroxylation sites is 1. The van der Waals surface area contributed by atoms with Crippen molar-refractivity contribution in [2.45, 2.75) is 19.3 Å². The van der Waals surface area contributed by atoms with Crippen LogP contribution in [0.15, 0.2) is 192 Å². The molecule has 2 nitrogen and oxygen atoms in total. The van der Waals surface area contributed by atoms with Crippen molar-refractivity contribution in [3.05, 3.63) is 199 Å². The van der Waals surface area contributed by atoms with Gasteiger partial charge in [-0.1, -0.05) is 135 Å². The number of anilines is 3. The molecule has 11 rings (SSSR count). The Morgan fingerprint density at radius 2 is 1.00 bits per heavy atom. The van der Waals surface area contributed by atoms with Gasteiger partial charge < -0.3 is 9.32 Å². The normalized spacial score (nSPS) is 13.1. The molecule has 9 aromatic carbocycles. The quantitative estimate of drug-likeness (QED) is 0.177. The van der Waals surface area contributed by atoms with Gasteiger partial charge in [0.2, 0.25) is 0 Å². The third-order valence-electron chi connectivity index (χ3n) is 11.8. The van der Waals surface area contributed by atoms with E-state index in [0.717, 1.165) is 55.5 Å². The summed E-state index contributed by atoms with van der Waals surface area (Å²) in [6.07, 6.45) is 0. The highest BCUT2D eigenvalue weighted by atomic mass is 16.3. The van der Waals surface area contributed by atoms with Gasteiger partial charge in [-0.3, -0.25) is 0 Å². The van der Waals surface area contributed by atoms with Gasteiger partial charge in [0.25, 0.3) is 0 Å². The summed E-state index contributed by atoms with van der Waals surface area (Å²) in [6, 6.07) is 68.3. The van der Waals surface area contributed by atoms with Crippen molar-refractivity contribution in [3.63, 3.8) is 0 Å². The molecule has 1 aliphatic carbocycles. The van der Waals surface area contributed by atoms with Crippen molar-refractivity contribution in [3.8, 4) is 33.4 Å². The molecule has 0 saturated heterocycles. The summed E-state index contributed by atoms with van der Waals surface area (Å²) in [4.78, 5) is 2.37. The zero-order valence-corrected chi connectivity index (χ0v) is 30.8. The topological polar surface area (TPSA) is 16.4 Å². The molecule has 10 aromatic rings. The average Bonchev–Trinajstić information content (AvgIpc) is 3.71. The number of hydrogen-bond acceptors (Lipinski definition) is 2. The van der Waals surface area contributed by atoms with Gasteiger partial charge in [-0.2, -0.15) is 0 Å². The molecule has 1 aromatic heterocycles. The molecule has 0 bridgehead atoms. The van der Waals surface area contributed by atoms with E-state index in [0.29, 0.717) is 0 Å². The third-order valence-corrected chi connectivity index (χ3v) is 11.8. The van der Waals surface area contributed by atoms with Gasteiger partial charge in [0, 0.05) is 38.6 Å². The number of furan rings is 1. The first-order valence-electron chi connectivity index (χ1n) is 19.1. The van der Waals surface area contributed by atoms with E-state index in [1.807, 2.05) is 0 Å². The van der Waals surface area contributed by atoms with Crippen LogP contribution in [0.2, 0.25) is 0 Å². The SMILES string of the molecule is CC1(C)c2ccc(N(c3ccccc3)c3ccc(-c4ccc5oc6c7ccccc7c(-c7ccccc7)cc6c5c4)cc3)cc2-c2cc3ccccc3cc21. The highest BCUT2D eigenvalue weighted by Crippen LogP contribution is 2.52. The minimum absolute atomic E-state index is 0.0793. The second-order valence-corrected chi connectivity index (χ2v) is 15.3. The van der Waals surface area contributed by atoms with Gasteiger partial charge in [0.15, 0.2) is 0 Å². The summed E-state index contributed by atoms with van der Waals surface area (Å²) in [6.45, 7) is 4.71. The molecular formula is C53H37NO. The molecule has 0 radical (unpaired) electrons. The number of fused-ring (bicyclic) bond motifs is 9. The number of benzene rings is 9. The zero-order chi connectivity index (χ0) is 36.7. The van der Waals surface area contributed by atoms with Crippen LogP contribution in [0.4, 0.5) is 17.1 Å². The molecule has 0 unspecified atom stereocenters. The Hall–Kier alpha value is -6.90. The molecular weight excluding hydrogens is 667 g/mol. The molecule has 55 heavy (non-hydrogen) atoms. The van der Waals surface area contributed by atoms with Crippen LogP contribution in [0.5, 0.6) is 0 Å². The van der Waals surface area contributed by atoms with Crippen LogP contribution in [0.25, 0.3) is 76.9 Å². The predicted molar refractivity (Wildman–Crippen MR) is 232 cm³/mol. The summed E-state index contributed by atoms with van der Waals surface area (Å²) in [5.74, 6) is 0. The van der Waals surface area contributed by atoms with E-state index in [1.54, 1.807) is 0 Å². The van der Waals surface area contributed by atoms with E-state index < -0.39 is 0 Å². The first kappa shape index (κ1) is 31.6. The molecule has 0 fully saturated rings. The van der Waals surface area contributed by atoms with Crippen LogP contribution >= 0.6 is 0 Å². The number of hydrogen-bond donors (Lipinski definition) is 0. The molecule has 0 atom stereocenters. The first-order chi connectivity index (χ1) is 27.0. The van der Waals surface area contributed by atoms with Crippen LogP contribution in [0.1, 0.15) is 25.0 Å². The van der Waals surface area contributed by atoms with Gasteiger partial charge in [-0.15, -0.1) is 0 Å². The molecule has 1 aliphatic rings. The van der Waals surface area contributed by atoms with Crippen LogP contribution in [-0.4, -0.2) is 0 Å². The lowest BCUT2D eigenvalue weighted by Crippen LogP contribution is -2.15. The van der Waals surface area contributed by atoms with Gasteiger partial charge in [0.1, 0.15) is 11.2 Å². The highest BCUT2D eigenvalue weighted by molar-refractivity contribution is 6.19. The summed E-state index contributed by atoms with van der Waals surface area (Å²) >= 11 is 0. The van der Waals surface area contributed by atoms with Gasteiger partial charge in [-0.25, -0.2) is 0 Å². The molecule has 0 spiro atoms. The van der Waals surface area contributed by atoms with E-state index in [1.165, 1.54) is 49.5 Å². The number of rotatable bonds is 5. The molecule has 0 N–H and O–H groups in total. The second-order valence-electron chi connectivity index (χ2n) is 15.3. The van der Waals surface area contributed by atoms with E-state index >= 15 is 0 Å². The Bertz CT molecular complexity index is 3100. The molecule has 0 aliphatic heterocycles. The van der Waals surface area contributed by atoms with Gasteiger partial charge in [-0.05, 0) is 127 Å². The van der Waals surface area contributed by atoms with Crippen LogP contribution in [0.3, 0.4) is 0 Å². The van der Waals surface area contributed by atoms with E-state index in [4.69, 9.17) is 4.42 Å². The Labute approximate surface area is 320 Å². The first-order valence-corrected chi connectivity index (χ1v) is 19.1. The summed E-state index contributed by atoms with van der Waals surface area (Å²) in [5, 5.41) is 7.16. The van der Waals surface area contributed by atoms with E-state index in [9.17, 15) is 0 Å².